The van der Waals surface area contributed by atoms with Gasteiger partial charge in [0, 0.05) is 50.6 Å². The highest BCUT2D eigenvalue weighted by atomic mass is 16.5. The Morgan fingerprint density at radius 3 is 2.62 bits per heavy atom. The van der Waals surface area contributed by atoms with Crippen LogP contribution in [0.3, 0.4) is 0 Å². The van der Waals surface area contributed by atoms with E-state index in [0.717, 1.165) is 48.6 Å². The fraction of sp³-hybridized carbons (Fsp3) is 0.419. The molecule has 2 fully saturated rings. The predicted molar refractivity (Wildman–Crippen MR) is 159 cm³/mol. The maximum Gasteiger partial charge on any atom is 0.318 e. The van der Waals surface area contributed by atoms with Gasteiger partial charge in [0.2, 0.25) is 5.56 Å². The minimum Gasteiger partial charge on any atom is -0.491 e. The summed E-state index contributed by atoms with van der Waals surface area (Å²) in [5.74, 6) is 1.49. The van der Waals surface area contributed by atoms with E-state index in [1.54, 1.807) is 28.8 Å². The van der Waals surface area contributed by atoms with E-state index < -0.39 is 6.10 Å². The first-order valence-electron chi connectivity index (χ1n) is 14.4. The number of fused-ring (bicyclic) bond motifs is 1. The van der Waals surface area contributed by atoms with Crippen molar-refractivity contribution in [1.29, 1.82) is 0 Å². The van der Waals surface area contributed by atoms with Crippen LogP contribution in [0.1, 0.15) is 48.7 Å². The van der Waals surface area contributed by atoms with Crippen molar-refractivity contribution in [3.63, 3.8) is 0 Å². The molecule has 2 aliphatic heterocycles. The van der Waals surface area contributed by atoms with Crippen LogP contribution in [0.2, 0.25) is 0 Å². The molecule has 0 saturated carbocycles. The fourth-order valence-corrected chi connectivity index (χ4v) is 5.95. The number of pyridine rings is 2. The maximum absolute atomic E-state index is 13.1. The number of aromatic amines is 1. The summed E-state index contributed by atoms with van der Waals surface area (Å²) in [5.41, 5.74) is 3.38. The zero-order valence-corrected chi connectivity index (χ0v) is 24.2. The van der Waals surface area contributed by atoms with Gasteiger partial charge in [0.15, 0.2) is 11.5 Å². The summed E-state index contributed by atoms with van der Waals surface area (Å²) in [4.78, 5) is 36.2. The Bertz CT molecular complexity index is 1610. The molecule has 1 spiro atoms. The van der Waals surface area contributed by atoms with Crippen molar-refractivity contribution in [2.24, 2.45) is 0 Å². The summed E-state index contributed by atoms with van der Waals surface area (Å²) in [6, 6.07) is 15.7. The molecule has 42 heavy (non-hydrogen) atoms. The molecule has 220 valence electrons. The summed E-state index contributed by atoms with van der Waals surface area (Å²) in [7, 11) is 1.62. The minimum absolute atomic E-state index is 0.107. The summed E-state index contributed by atoms with van der Waals surface area (Å²) in [6.45, 7) is 7.11. The lowest BCUT2D eigenvalue weighted by Crippen LogP contribution is -2.52. The first-order chi connectivity index (χ1) is 20.3. The number of anilines is 1. The Morgan fingerprint density at radius 2 is 1.88 bits per heavy atom. The number of nitrogens with one attached hydrogen (secondary N) is 2. The SMILES string of the molecule is COC(CN1CC2(CCN(c3cc[nH]c(=O)c3)CC2)NC1=O)c1nc2c(C)cc(OC[C@H](C)c3ccccc3)cn2n1. The zero-order chi connectivity index (χ0) is 29.3. The summed E-state index contributed by atoms with van der Waals surface area (Å²) in [5, 5.41) is 7.96. The van der Waals surface area contributed by atoms with E-state index in [-0.39, 0.29) is 23.0 Å². The van der Waals surface area contributed by atoms with Gasteiger partial charge in [-0.3, -0.25) is 4.79 Å². The van der Waals surface area contributed by atoms with Crippen LogP contribution < -0.4 is 20.5 Å². The lowest BCUT2D eigenvalue weighted by molar-refractivity contribution is 0.0691. The van der Waals surface area contributed by atoms with Crippen LogP contribution in [0.15, 0.2) is 65.7 Å². The molecule has 11 nitrogen and oxygen atoms in total. The van der Waals surface area contributed by atoms with Crippen LogP contribution in [0.5, 0.6) is 5.75 Å². The number of aromatic nitrogens is 4. The van der Waals surface area contributed by atoms with Crippen LogP contribution in [0, 0.1) is 6.92 Å². The van der Waals surface area contributed by atoms with Crippen molar-refractivity contribution < 1.29 is 14.3 Å². The Hall–Kier alpha value is -4.38. The number of amides is 2. The van der Waals surface area contributed by atoms with Crippen molar-refractivity contribution in [2.45, 2.75) is 44.2 Å². The van der Waals surface area contributed by atoms with Crippen LogP contribution in [-0.2, 0) is 4.74 Å². The molecule has 4 aromatic rings. The lowest BCUT2D eigenvalue weighted by Gasteiger charge is -2.39. The number of carbonyl (C=O) groups is 1. The number of hydrogen-bond donors (Lipinski definition) is 2. The van der Waals surface area contributed by atoms with Gasteiger partial charge in [-0.2, -0.15) is 0 Å². The molecule has 5 heterocycles. The van der Waals surface area contributed by atoms with Crippen LogP contribution in [0.4, 0.5) is 10.5 Å². The smallest absolute Gasteiger partial charge is 0.318 e. The number of piperidine rings is 1. The molecule has 2 N–H and O–H groups in total. The highest BCUT2D eigenvalue weighted by Gasteiger charge is 2.45. The summed E-state index contributed by atoms with van der Waals surface area (Å²) >= 11 is 0. The van der Waals surface area contributed by atoms with E-state index in [9.17, 15) is 9.59 Å². The van der Waals surface area contributed by atoms with E-state index in [2.05, 4.69) is 34.3 Å². The number of rotatable bonds is 9. The maximum atomic E-state index is 13.1. The third-order valence-electron chi connectivity index (χ3n) is 8.43. The second-order valence-corrected chi connectivity index (χ2v) is 11.4. The number of benzene rings is 1. The van der Waals surface area contributed by atoms with Crippen molar-refractivity contribution in [3.05, 3.63) is 88.2 Å². The van der Waals surface area contributed by atoms with Crippen LogP contribution in [0.25, 0.3) is 5.65 Å². The number of ether oxygens (including phenoxy) is 2. The van der Waals surface area contributed by atoms with Gasteiger partial charge in [-0.25, -0.2) is 14.3 Å². The van der Waals surface area contributed by atoms with Gasteiger partial charge in [0.1, 0.15) is 11.9 Å². The number of hydrogen-bond acceptors (Lipinski definition) is 7. The Labute approximate surface area is 244 Å². The zero-order valence-electron chi connectivity index (χ0n) is 24.2. The molecule has 6 rings (SSSR count). The number of carbonyl (C=O) groups excluding carboxylic acids is 1. The highest BCUT2D eigenvalue weighted by Crippen LogP contribution is 2.31. The van der Waals surface area contributed by atoms with Crippen molar-refractivity contribution in [1.82, 2.24) is 29.8 Å². The second-order valence-electron chi connectivity index (χ2n) is 11.4. The fourth-order valence-electron chi connectivity index (χ4n) is 5.95. The van der Waals surface area contributed by atoms with Gasteiger partial charge in [0.05, 0.1) is 24.9 Å². The van der Waals surface area contributed by atoms with Crippen molar-refractivity contribution in [3.8, 4) is 5.75 Å². The molecular weight excluding hydrogens is 534 g/mol. The van der Waals surface area contributed by atoms with Gasteiger partial charge >= 0.3 is 6.03 Å². The van der Waals surface area contributed by atoms with Crippen molar-refractivity contribution in [2.75, 3.05) is 44.8 Å². The average Bonchev–Trinajstić information content (AvgIpc) is 3.56. The summed E-state index contributed by atoms with van der Waals surface area (Å²) in [6.07, 6.45) is 4.61. The van der Waals surface area contributed by atoms with Gasteiger partial charge < -0.3 is 29.6 Å². The van der Waals surface area contributed by atoms with E-state index in [1.165, 1.54) is 5.56 Å². The lowest BCUT2D eigenvalue weighted by atomic mass is 9.88. The number of aryl methyl sites for hydroxylation is 1. The number of nitrogens with zero attached hydrogens (tertiary/aromatic N) is 5. The predicted octanol–water partition coefficient (Wildman–Crippen LogP) is 3.66. The van der Waals surface area contributed by atoms with Gasteiger partial charge in [-0.05, 0) is 43.0 Å². The van der Waals surface area contributed by atoms with Crippen molar-refractivity contribution >= 4 is 17.4 Å². The molecule has 1 unspecified atom stereocenters. The van der Waals surface area contributed by atoms with E-state index in [0.29, 0.717) is 25.5 Å². The van der Waals surface area contributed by atoms with Crippen LogP contribution in [-0.4, -0.2) is 75.9 Å². The normalized spacial score (nSPS) is 17.9. The molecule has 1 aromatic carbocycles. The molecule has 2 aliphatic rings. The van der Waals surface area contributed by atoms with E-state index in [1.807, 2.05) is 43.5 Å². The van der Waals surface area contributed by atoms with Crippen LogP contribution >= 0.6 is 0 Å². The highest BCUT2D eigenvalue weighted by molar-refractivity contribution is 5.78. The van der Waals surface area contributed by atoms with E-state index in [4.69, 9.17) is 19.6 Å². The van der Waals surface area contributed by atoms with E-state index >= 15 is 0 Å². The number of H-pyrrole nitrogens is 1. The second kappa shape index (κ2) is 11.5. The first kappa shape index (κ1) is 27.8. The molecule has 2 saturated heterocycles. The number of urea groups is 1. The van der Waals surface area contributed by atoms with Gasteiger partial charge in [0.25, 0.3) is 0 Å². The molecule has 0 aliphatic carbocycles. The Kier molecular flexibility index (Phi) is 7.59. The van der Waals surface area contributed by atoms with Gasteiger partial charge in [-0.1, -0.05) is 37.3 Å². The minimum atomic E-state index is -0.483. The largest absolute Gasteiger partial charge is 0.491 e. The Balaban J connectivity index is 1.11. The quantitative estimate of drug-likeness (QED) is 0.315. The molecule has 2 atom stereocenters. The molecule has 3 aromatic heterocycles. The Morgan fingerprint density at radius 1 is 1.10 bits per heavy atom. The molecule has 0 bridgehead atoms. The summed E-state index contributed by atoms with van der Waals surface area (Å²) < 4.78 is 13.7. The third-order valence-corrected chi connectivity index (χ3v) is 8.43. The molecule has 2 amide bonds. The topological polar surface area (TPSA) is 117 Å². The van der Waals surface area contributed by atoms with Gasteiger partial charge in [-0.15, -0.1) is 5.10 Å². The monoisotopic (exact) mass is 571 g/mol. The molecule has 11 heteroatoms. The first-order valence-corrected chi connectivity index (χ1v) is 14.4. The molecular formula is C31H37N7O4. The number of methoxy groups -OCH3 is 1. The third kappa shape index (κ3) is 5.69. The average molecular weight is 572 g/mol. The molecule has 0 radical (unpaired) electrons. The standard InChI is InChI=1S/C31H37N7O4/c1-21-15-25(42-19-22(2)23-7-5-4-6-8-23)17-38-29(21)33-28(35-38)26(41-3)18-37-20-31(34-30(37)40)10-13-36(14-11-31)24-9-12-32-27(39)16-24/h4-9,12,15-17,22,26H,10-11,13-14,18-20H2,1-3H3,(H,32,39)(H,34,40)/t22-,26?/m0/s1.